The Balaban J connectivity index is 1.05. The van der Waals surface area contributed by atoms with Crippen molar-refractivity contribution >= 4 is 70.1 Å². The molecule has 0 fully saturated rings. The summed E-state index contributed by atoms with van der Waals surface area (Å²) in [5.41, 5.74) is 11.2. The van der Waals surface area contributed by atoms with Gasteiger partial charge in [0, 0.05) is 48.0 Å². The van der Waals surface area contributed by atoms with Crippen LogP contribution in [-0.2, 0) is 0 Å². The first-order valence-electron chi connectivity index (χ1n) is 18.5. The molecule has 260 valence electrons. The van der Waals surface area contributed by atoms with E-state index in [1.165, 1.54) is 25.7 Å². The highest BCUT2D eigenvalue weighted by molar-refractivity contribution is 7.25. The average molecular weight is 730 g/mol. The van der Waals surface area contributed by atoms with E-state index < -0.39 is 0 Å². The Kier molecular flexibility index (Phi) is 8.11. The van der Waals surface area contributed by atoms with Gasteiger partial charge < -0.3 is 4.90 Å². The molecule has 0 saturated carbocycles. The first kappa shape index (κ1) is 33.1. The molecule has 0 aliphatic carbocycles. The summed E-state index contributed by atoms with van der Waals surface area (Å²) in [5, 5.41) is 26.1. The second kappa shape index (κ2) is 13.7. The van der Waals surface area contributed by atoms with Crippen molar-refractivity contribution in [1.29, 1.82) is 10.5 Å². The number of hydrogen-bond acceptors (Lipinski definition) is 4. The molecule has 0 aliphatic heterocycles. The van der Waals surface area contributed by atoms with Gasteiger partial charge in [-0.05, 0) is 111 Å². The van der Waals surface area contributed by atoms with E-state index in [0.29, 0.717) is 11.1 Å². The van der Waals surface area contributed by atoms with Crippen LogP contribution >= 0.6 is 11.3 Å². The van der Waals surface area contributed by atoms with Crippen molar-refractivity contribution < 1.29 is 0 Å². The van der Waals surface area contributed by atoms with E-state index in [1.807, 2.05) is 72.0 Å². The van der Waals surface area contributed by atoms with Crippen LogP contribution in [0.15, 0.2) is 188 Å². The Morgan fingerprint density at radius 1 is 0.339 bits per heavy atom. The summed E-state index contributed by atoms with van der Waals surface area (Å²) in [4.78, 5) is 2.29. The fourth-order valence-electron chi connectivity index (χ4n) is 8.03. The van der Waals surface area contributed by atoms with E-state index in [-0.39, 0.29) is 0 Å². The van der Waals surface area contributed by atoms with Crippen molar-refractivity contribution in [2.75, 3.05) is 4.90 Å². The van der Waals surface area contributed by atoms with Crippen LogP contribution in [0.3, 0.4) is 0 Å². The second-order valence-corrected chi connectivity index (χ2v) is 15.0. The molecular weight excluding hydrogens is 699 g/mol. The van der Waals surface area contributed by atoms with E-state index in [1.54, 1.807) is 0 Å². The predicted molar refractivity (Wildman–Crippen MR) is 235 cm³/mol. The van der Waals surface area contributed by atoms with Gasteiger partial charge in [-0.2, -0.15) is 10.5 Å². The molecule has 56 heavy (non-hydrogen) atoms. The Morgan fingerprint density at radius 3 is 1.25 bits per heavy atom. The van der Waals surface area contributed by atoms with Crippen LogP contribution in [0, 0.1) is 22.7 Å². The lowest BCUT2D eigenvalue weighted by Gasteiger charge is -2.26. The van der Waals surface area contributed by atoms with Gasteiger partial charge in [-0.15, -0.1) is 11.3 Å². The maximum Gasteiger partial charge on any atom is 0.0998 e. The van der Waals surface area contributed by atoms with E-state index in [9.17, 15) is 10.5 Å². The number of nitrogens with zero attached hydrogens (tertiary/aromatic N) is 3. The Bertz CT molecular complexity index is 3060. The van der Waals surface area contributed by atoms with Crippen LogP contribution in [0.4, 0.5) is 17.1 Å². The molecular formula is C52H31N3S. The van der Waals surface area contributed by atoms with Gasteiger partial charge in [-0.1, -0.05) is 121 Å². The summed E-state index contributed by atoms with van der Waals surface area (Å²) in [6.45, 7) is 0. The molecule has 0 bridgehead atoms. The Hall–Kier alpha value is -7.50. The minimum absolute atomic E-state index is 0.677. The molecule has 0 aliphatic rings. The number of anilines is 3. The molecule has 1 heterocycles. The molecule has 0 N–H and O–H groups in total. The summed E-state index contributed by atoms with van der Waals surface area (Å²) < 4.78 is 2.61. The zero-order valence-corrected chi connectivity index (χ0v) is 31.0. The molecule has 10 aromatic rings. The fourth-order valence-corrected chi connectivity index (χ4v) is 9.12. The zero-order valence-electron chi connectivity index (χ0n) is 30.1. The molecule has 0 saturated heterocycles. The van der Waals surface area contributed by atoms with Crippen molar-refractivity contribution in [3.63, 3.8) is 0 Å². The summed E-state index contributed by atoms with van der Waals surface area (Å²) in [5.74, 6) is 0. The largest absolute Gasteiger partial charge is 0.311 e. The SMILES string of the molecule is N#Cc1ccc(-c2ccc(N(c3ccc(-c4ccc5sc6ccccc6c5c4)cc3)c3ccc(-c4ccc(C#N)c5ccccc45)cc3)cc2)c2ccccc12. The first-order chi connectivity index (χ1) is 27.7. The van der Waals surface area contributed by atoms with Crippen LogP contribution in [0.2, 0.25) is 0 Å². The van der Waals surface area contributed by atoms with Crippen molar-refractivity contribution in [1.82, 2.24) is 0 Å². The van der Waals surface area contributed by atoms with E-state index in [4.69, 9.17) is 0 Å². The number of nitriles is 2. The summed E-state index contributed by atoms with van der Waals surface area (Å²) in [6.07, 6.45) is 0. The lowest BCUT2D eigenvalue weighted by molar-refractivity contribution is 1.28. The molecule has 9 aromatic carbocycles. The lowest BCUT2D eigenvalue weighted by Crippen LogP contribution is -2.09. The molecule has 0 unspecified atom stereocenters. The first-order valence-corrected chi connectivity index (χ1v) is 19.3. The van der Waals surface area contributed by atoms with Crippen LogP contribution in [-0.4, -0.2) is 0 Å². The summed E-state index contributed by atoms with van der Waals surface area (Å²) >= 11 is 1.84. The normalized spacial score (nSPS) is 11.2. The quantitative estimate of drug-likeness (QED) is 0.171. The predicted octanol–water partition coefficient (Wildman–Crippen LogP) is 14.6. The molecule has 4 heteroatoms. The number of hydrogen-bond donors (Lipinski definition) is 0. The minimum Gasteiger partial charge on any atom is -0.311 e. The molecule has 0 spiro atoms. The average Bonchev–Trinajstić information content (AvgIpc) is 3.64. The standard InChI is InChI=1S/C52H31N3S/c53-32-38-19-28-45(47-9-3-1-7-43(38)47)35-15-24-41(25-16-35)55(42-26-17-36(18-27-42)46-29-20-39(33-54)44-8-2-4-10-48(44)46)40-22-13-34(14-23-40)37-21-30-52-50(31-37)49-11-5-6-12-51(49)56-52/h1-31H. The number of fused-ring (bicyclic) bond motifs is 5. The molecule has 10 rings (SSSR count). The third-order valence-corrected chi connectivity index (χ3v) is 11.9. The van der Waals surface area contributed by atoms with Gasteiger partial charge in [0.25, 0.3) is 0 Å². The highest BCUT2D eigenvalue weighted by Crippen LogP contribution is 2.41. The van der Waals surface area contributed by atoms with Gasteiger partial charge in [0.2, 0.25) is 0 Å². The van der Waals surface area contributed by atoms with E-state index >= 15 is 0 Å². The number of rotatable bonds is 6. The van der Waals surface area contributed by atoms with Crippen molar-refractivity contribution in [2.24, 2.45) is 0 Å². The van der Waals surface area contributed by atoms with Crippen LogP contribution < -0.4 is 4.90 Å². The Morgan fingerprint density at radius 2 is 0.750 bits per heavy atom. The topological polar surface area (TPSA) is 50.8 Å². The lowest BCUT2D eigenvalue weighted by atomic mass is 9.95. The van der Waals surface area contributed by atoms with Gasteiger partial charge in [0.05, 0.1) is 23.3 Å². The van der Waals surface area contributed by atoms with Gasteiger partial charge in [-0.25, -0.2) is 0 Å². The molecule has 0 amide bonds. The smallest absolute Gasteiger partial charge is 0.0998 e. The Labute approximate surface area is 328 Å². The van der Waals surface area contributed by atoms with Gasteiger partial charge in [-0.3, -0.25) is 0 Å². The second-order valence-electron chi connectivity index (χ2n) is 13.9. The van der Waals surface area contributed by atoms with Crippen molar-refractivity contribution in [2.45, 2.75) is 0 Å². The molecule has 3 nitrogen and oxygen atoms in total. The van der Waals surface area contributed by atoms with E-state index in [2.05, 4.69) is 144 Å². The third kappa shape index (κ3) is 5.65. The summed E-state index contributed by atoms with van der Waals surface area (Å²) in [7, 11) is 0. The van der Waals surface area contributed by atoms with Crippen LogP contribution in [0.25, 0.3) is 75.1 Å². The highest BCUT2D eigenvalue weighted by Gasteiger charge is 2.16. The fraction of sp³-hybridized carbons (Fsp3) is 0. The monoisotopic (exact) mass is 729 g/mol. The third-order valence-electron chi connectivity index (χ3n) is 10.8. The minimum atomic E-state index is 0.677. The molecule has 0 atom stereocenters. The number of benzene rings is 9. The molecule has 0 radical (unpaired) electrons. The summed E-state index contributed by atoms with van der Waals surface area (Å²) in [6, 6.07) is 70.5. The molecule has 1 aromatic heterocycles. The van der Waals surface area contributed by atoms with Crippen molar-refractivity contribution in [3.05, 3.63) is 199 Å². The van der Waals surface area contributed by atoms with Crippen LogP contribution in [0.5, 0.6) is 0 Å². The van der Waals surface area contributed by atoms with Crippen molar-refractivity contribution in [3.8, 4) is 45.5 Å². The maximum atomic E-state index is 9.75. The zero-order chi connectivity index (χ0) is 37.6. The highest BCUT2D eigenvalue weighted by atomic mass is 32.1. The van der Waals surface area contributed by atoms with Gasteiger partial charge >= 0.3 is 0 Å². The van der Waals surface area contributed by atoms with Gasteiger partial charge in [0.1, 0.15) is 0 Å². The maximum absolute atomic E-state index is 9.75. The van der Waals surface area contributed by atoms with E-state index in [0.717, 1.165) is 66.4 Å². The number of thiophene rings is 1. The van der Waals surface area contributed by atoms with Crippen LogP contribution in [0.1, 0.15) is 11.1 Å². The van der Waals surface area contributed by atoms with Gasteiger partial charge in [0.15, 0.2) is 0 Å².